The predicted molar refractivity (Wildman–Crippen MR) is 117 cm³/mol. The number of nitrogens with zero attached hydrogens (tertiary/aromatic N) is 1. The monoisotopic (exact) mass is 441 g/mol. The van der Waals surface area contributed by atoms with E-state index in [2.05, 4.69) is 10.6 Å². The van der Waals surface area contributed by atoms with Crippen molar-refractivity contribution in [3.63, 3.8) is 0 Å². The van der Waals surface area contributed by atoms with Gasteiger partial charge in [-0.05, 0) is 25.3 Å². The van der Waals surface area contributed by atoms with Gasteiger partial charge in [-0.15, -0.1) is 0 Å². The number of rotatable bonds is 7. The van der Waals surface area contributed by atoms with Gasteiger partial charge >= 0.3 is 5.97 Å². The average Bonchev–Trinajstić information content (AvgIpc) is 2.78. The van der Waals surface area contributed by atoms with Crippen LogP contribution in [0.1, 0.15) is 71.3 Å². The molecule has 0 bridgehead atoms. The first-order valence-electron chi connectivity index (χ1n) is 10.6. The number of amides is 2. The molecule has 1 aliphatic carbocycles. The average molecular weight is 441 g/mol. The van der Waals surface area contributed by atoms with Crippen LogP contribution in [0.2, 0.25) is 0 Å². The van der Waals surface area contributed by atoms with Crippen LogP contribution in [-0.4, -0.2) is 45.2 Å². The molecule has 9 nitrogen and oxygen atoms in total. The fraction of sp³-hybridized carbons (Fsp3) is 0.391. The number of nitrogens with one attached hydrogen (secondary N) is 2. The summed E-state index contributed by atoms with van der Waals surface area (Å²) in [5.74, 6) is -3.71. The van der Waals surface area contributed by atoms with E-state index < -0.39 is 47.2 Å². The van der Waals surface area contributed by atoms with Crippen LogP contribution >= 0.6 is 0 Å². The number of carbonyl (C=O) groups excluding carboxylic acids is 2. The zero-order chi connectivity index (χ0) is 23.3. The van der Waals surface area contributed by atoms with E-state index in [9.17, 15) is 24.3 Å². The Morgan fingerprint density at radius 2 is 1.75 bits per heavy atom. The Labute approximate surface area is 185 Å². The van der Waals surface area contributed by atoms with Crippen LogP contribution in [-0.2, 0) is 4.79 Å². The third-order valence-electron chi connectivity index (χ3n) is 5.72. The Balaban J connectivity index is 2.05. The molecule has 1 heterocycles. The molecule has 0 unspecified atom stereocenters. The molecular weight excluding hydrogens is 414 g/mol. The maximum Gasteiger partial charge on any atom is 0.322 e. The number of benzene rings is 1. The van der Waals surface area contributed by atoms with Gasteiger partial charge < -0.3 is 25.4 Å². The maximum absolute atomic E-state index is 13.1. The summed E-state index contributed by atoms with van der Waals surface area (Å²) in [5.41, 5.74) is -0.935. The van der Waals surface area contributed by atoms with Crippen LogP contribution in [0.15, 0.2) is 41.3 Å². The van der Waals surface area contributed by atoms with Crippen molar-refractivity contribution in [2.75, 3.05) is 6.54 Å². The van der Waals surface area contributed by atoms with Gasteiger partial charge in [-0.1, -0.05) is 49.6 Å². The number of aromatic hydroxyl groups is 1. The number of pyridine rings is 1. The minimum atomic E-state index is -1.30. The Morgan fingerprint density at radius 1 is 1.09 bits per heavy atom. The van der Waals surface area contributed by atoms with Crippen LogP contribution < -0.4 is 16.2 Å². The molecule has 1 aromatic heterocycles. The summed E-state index contributed by atoms with van der Waals surface area (Å²) in [6, 6.07) is 8.43. The van der Waals surface area contributed by atoms with E-state index in [1.165, 1.54) is 10.8 Å². The summed E-state index contributed by atoms with van der Waals surface area (Å²) in [6.07, 6.45) is 5.97. The molecule has 1 aliphatic rings. The minimum Gasteiger partial charge on any atom is -0.506 e. The van der Waals surface area contributed by atoms with Crippen LogP contribution in [0.25, 0.3) is 0 Å². The van der Waals surface area contributed by atoms with Gasteiger partial charge in [0.05, 0.1) is 11.6 Å². The van der Waals surface area contributed by atoms with Crippen LogP contribution in [0.3, 0.4) is 0 Å². The van der Waals surface area contributed by atoms with Gasteiger partial charge in [0.2, 0.25) is 0 Å². The van der Waals surface area contributed by atoms with E-state index in [0.717, 1.165) is 37.7 Å². The Morgan fingerprint density at radius 3 is 2.38 bits per heavy atom. The van der Waals surface area contributed by atoms with Crippen LogP contribution in [0, 0.1) is 0 Å². The number of carboxylic acids is 1. The van der Waals surface area contributed by atoms with Gasteiger partial charge in [-0.2, -0.15) is 0 Å². The van der Waals surface area contributed by atoms with Gasteiger partial charge in [0, 0.05) is 12.2 Å². The zero-order valence-corrected chi connectivity index (χ0v) is 17.8. The quantitative estimate of drug-likeness (QED) is 0.519. The third kappa shape index (κ3) is 5.16. The number of aromatic nitrogens is 1. The lowest BCUT2D eigenvalue weighted by Gasteiger charge is -2.24. The number of aliphatic carboxylic acids is 1. The molecule has 170 valence electrons. The van der Waals surface area contributed by atoms with E-state index in [4.69, 9.17) is 5.11 Å². The van der Waals surface area contributed by atoms with Crippen molar-refractivity contribution in [1.82, 2.24) is 15.2 Å². The molecule has 0 aliphatic heterocycles. The molecule has 4 N–H and O–H groups in total. The van der Waals surface area contributed by atoms with E-state index in [1.54, 1.807) is 31.2 Å². The summed E-state index contributed by atoms with van der Waals surface area (Å²) in [7, 11) is 0. The third-order valence-corrected chi connectivity index (χ3v) is 5.72. The first kappa shape index (κ1) is 23.1. The second-order valence-corrected chi connectivity index (χ2v) is 7.95. The van der Waals surface area contributed by atoms with Crippen molar-refractivity contribution in [2.45, 2.75) is 51.1 Å². The summed E-state index contributed by atoms with van der Waals surface area (Å²) in [5, 5.41) is 24.5. The highest BCUT2D eigenvalue weighted by atomic mass is 16.4. The number of hydrogen-bond donors (Lipinski definition) is 4. The largest absolute Gasteiger partial charge is 0.506 e. The summed E-state index contributed by atoms with van der Waals surface area (Å²) in [6.45, 7) is 1.000. The number of carbonyl (C=O) groups is 3. The highest BCUT2D eigenvalue weighted by Crippen LogP contribution is 2.25. The molecule has 9 heteroatoms. The lowest BCUT2D eigenvalue weighted by molar-refractivity contribution is -0.135. The molecule has 0 saturated heterocycles. The van der Waals surface area contributed by atoms with Crippen molar-refractivity contribution < 1.29 is 24.6 Å². The highest BCUT2D eigenvalue weighted by Gasteiger charge is 2.28. The van der Waals surface area contributed by atoms with Gasteiger partial charge in [0.25, 0.3) is 17.4 Å². The van der Waals surface area contributed by atoms with Gasteiger partial charge in [-0.25, -0.2) is 0 Å². The van der Waals surface area contributed by atoms with Crippen molar-refractivity contribution in [3.05, 3.63) is 63.6 Å². The summed E-state index contributed by atoms with van der Waals surface area (Å²) >= 11 is 0. The molecule has 2 amide bonds. The highest BCUT2D eigenvalue weighted by molar-refractivity contribution is 6.04. The van der Waals surface area contributed by atoms with Crippen molar-refractivity contribution >= 4 is 17.8 Å². The standard InChI is InChI=1S/C23H27N3O6/c1-14(15-8-4-2-5-9-15)26-13-17(21(30)25-16-10-6-3-7-11-16)20(29)19(23(26)32)22(31)24-12-18(27)28/h2,4-5,8-9,13-14,16,29H,3,6-7,10-12H2,1H3,(H,24,31)(H,25,30)(H,27,28)/t14-/m1/s1. The predicted octanol–water partition coefficient (Wildman–Crippen LogP) is 2.04. The van der Waals surface area contributed by atoms with Gasteiger partial charge in [0.1, 0.15) is 17.9 Å². The Kier molecular flexibility index (Phi) is 7.29. The summed E-state index contributed by atoms with van der Waals surface area (Å²) < 4.78 is 1.21. The van der Waals surface area contributed by atoms with E-state index in [1.807, 2.05) is 6.07 Å². The first-order chi connectivity index (χ1) is 15.3. The van der Waals surface area contributed by atoms with Crippen molar-refractivity contribution in [1.29, 1.82) is 0 Å². The first-order valence-corrected chi connectivity index (χ1v) is 10.6. The summed E-state index contributed by atoms with van der Waals surface area (Å²) in [4.78, 5) is 49.5. The SMILES string of the molecule is C[C@H](c1ccccc1)n1cc(C(=O)NC2CCCCC2)c(O)c(C(=O)NCC(=O)O)c1=O. The molecule has 32 heavy (non-hydrogen) atoms. The van der Waals surface area contributed by atoms with Gasteiger partial charge in [-0.3, -0.25) is 19.2 Å². The van der Waals surface area contributed by atoms with E-state index >= 15 is 0 Å². The molecule has 1 fully saturated rings. The van der Waals surface area contributed by atoms with Crippen molar-refractivity contribution in [3.8, 4) is 5.75 Å². The topological polar surface area (TPSA) is 138 Å². The van der Waals surface area contributed by atoms with Crippen molar-refractivity contribution in [2.24, 2.45) is 0 Å². The fourth-order valence-electron chi connectivity index (χ4n) is 3.93. The molecule has 0 radical (unpaired) electrons. The number of carboxylic acid groups (broad SMARTS) is 1. The lowest BCUT2D eigenvalue weighted by Crippen LogP contribution is -2.40. The van der Waals surface area contributed by atoms with Crippen LogP contribution in [0.4, 0.5) is 0 Å². The maximum atomic E-state index is 13.1. The molecule has 1 aromatic carbocycles. The smallest absolute Gasteiger partial charge is 0.322 e. The van der Waals surface area contributed by atoms with Gasteiger partial charge in [0.15, 0.2) is 0 Å². The van der Waals surface area contributed by atoms with Crippen LogP contribution in [0.5, 0.6) is 5.75 Å². The molecule has 1 saturated carbocycles. The molecule has 3 rings (SSSR count). The zero-order valence-electron chi connectivity index (χ0n) is 17.8. The molecule has 2 aromatic rings. The van der Waals surface area contributed by atoms with E-state index in [0.29, 0.717) is 0 Å². The lowest BCUT2D eigenvalue weighted by atomic mass is 9.95. The fourth-order valence-corrected chi connectivity index (χ4v) is 3.93. The molecule has 1 atom stereocenters. The molecule has 0 spiro atoms. The normalized spacial score (nSPS) is 15.0. The minimum absolute atomic E-state index is 0.0492. The Bertz CT molecular complexity index is 1060. The number of hydrogen-bond acceptors (Lipinski definition) is 5. The second-order valence-electron chi connectivity index (χ2n) is 7.95. The van der Waals surface area contributed by atoms with E-state index in [-0.39, 0.29) is 11.6 Å². The second kappa shape index (κ2) is 10.1. The molecular formula is C23H27N3O6. The Hall–Kier alpha value is -3.62.